The second-order valence-electron chi connectivity index (χ2n) is 9.77. The van der Waals surface area contributed by atoms with Gasteiger partial charge >= 0.3 is 0 Å². The summed E-state index contributed by atoms with van der Waals surface area (Å²) in [6.07, 6.45) is 1.90. The maximum atomic E-state index is 13.6. The molecule has 0 fully saturated rings. The van der Waals surface area contributed by atoms with E-state index in [4.69, 9.17) is 28.2 Å². The predicted molar refractivity (Wildman–Crippen MR) is 165 cm³/mol. The molecule has 0 unspecified atom stereocenters. The van der Waals surface area contributed by atoms with Crippen molar-refractivity contribution >= 4 is 41.0 Å². The Labute approximate surface area is 249 Å². The number of hydrogen-bond acceptors (Lipinski definition) is 3. The molecule has 5 rings (SSSR count). The summed E-state index contributed by atoms with van der Waals surface area (Å²) in [5, 5.41) is 3.59. The van der Waals surface area contributed by atoms with Gasteiger partial charge < -0.3 is 4.90 Å². The first-order valence-corrected chi connectivity index (χ1v) is 13.8. The van der Waals surface area contributed by atoms with Gasteiger partial charge in [0.05, 0.1) is 16.3 Å². The van der Waals surface area contributed by atoms with Gasteiger partial charge in [-0.3, -0.25) is 19.5 Å². The molecule has 0 saturated heterocycles. The minimum atomic E-state index is -0.394. The first-order chi connectivity index (χ1) is 19.8. The van der Waals surface area contributed by atoms with Crippen LogP contribution in [0.15, 0.2) is 103 Å². The van der Waals surface area contributed by atoms with Gasteiger partial charge in [-0.25, -0.2) is 4.98 Å². The Bertz CT molecular complexity index is 1700. The number of aryl methyl sites for hydroxylation is 2. The summed E-state index contributed by atoms with van der Waals surface area (Å²) in [4.78, 5) is 33.4. The zero-order valence-corrected chi connectivity index (χ0v) is 24.2. The zero-order chi connectivity index (χ0) is 28.9. The van der Waals surface area contributed by atoms with E-state index in [1.54, 1.807) is 12.1 Å². The molecule has 1 aromatic heterocycles. The lowest BCUT2D eigenvalue weighted by Gasteiger charge is -2.23. The summed E-state index contributed by atoms with van der Waals surface area (Å²) in [6, 6.07) is 30.0. The van der Waals surface area contributed by atoms with Gasteiger partial charge in [-0.15, -0.1) is 0 Å². The number of halogens is 2. The largest absolute Gasteiger partial charge is 0.325 e. The molecule has 0 radical (unpaired) electrons. The fraction of sp³-hybridized carbons (Fsp3) is 0.121. The lowest BCUT2D eigenvalue weighted by atomic mass is 10.1. The second-order valence-corrected chi connectivity index (χ2v) is 10.6. The van der Waals surface area contributed by atoms with Crippen LogP contribution in [0.5, 0.6) is 0 Å². The molecule has 0 saturated carbocycles. The van der Waals surface area contributed by atoms with Crippen LogP contribution in [0.4, 0.5) is 5.95 Å². The van der Waals surface area contributed by atoms with E-state index in [1.165, 1.54) is 16.5 Å². The summed E-state index contributed by atoms with van der Waals surface area (Å²) in [6.45, 7) is 4.09. The number of nitrogens with one attached hydrogen (secondary N) is 1. The third-order valence-corrected chi connectivity index (χ3v) is 7.34. The summed E-state index contributed by atoms with van der Waals surface area (Å²) in [5.74, 6) is -0.420. The molecular formula is C33H28Cl2N4O2. The van der Waals surface area contributed by atoms with E-state index in [-0.39, 0.29) is 29.6 Å². The third-order valence-electron chi connectivity index (χ3n) is 6.79. The van der Waals surface area contributed by atoms with E-state index < -0.39 is 5.91 Å². The van der Waals surface area contributed by atoms with Crippen molar-refractivity contribution in [2.75, 3.05) is 11.9 Å². The molecule has 6 nitrogen and oxygen atoms in total. The smallest absolute Gasteiger partial charge is 0.256 e. The Kier molecular flexibility index (Phi) is 8.53. The maximum Gasteiger partial charge on any atom is 0.256 e. The average Bonchev–Trinajstić information content (AvgIpc) is 3.38. The van der Waals surface area contributed by atoms with E-state index >= 15 is 0 Å². The molecule has 2 amide bonds. The maximum absolute atomic E-state index is 13.6. The van der Waals surface area contributed by atoms with E-state index in [9.17, 15) is 9.59 Å². The van der Waals surface area contributed by atoms with E-state index in [0.717, 1.165) is 22.4 Å². The van der Waals surface area contributed by atoms with Crippen LogP contribution >= 0.6 is 23.2 Å². The summed E-state index contributed by atoms with van der Waals surface area (Å²) in [7, 11) is 0. The zero-order valence-electron chi connectivity index (χ0n) is 22.6. The van der Waals surface area contributed by atoms with Gasteiger partial charge in [-0.2, -0.15) is 0 Å². The lowest BCUT2D eigenvalue weighted by molar-refractivity contribution is -0.117. The number of carbonyl (C=O) groups is 2. The second kappa shape index (κ2) is 12.4. The highest BCUT2D eigenvalue weighted by atomic mass is 35.5. The van der Waals surface area contributed by atoms with Crippen LogP contribution < -0.4 is 5.32 Å². The molecule has 5 aromatic rings. The molecule has 0 bridgehead atoms. The summed E-state index contributed by atoms with van der Waals surface area (Å²) < 4.78 is 1.85. The Morgan fingerprint density at radius 1 is 0.854 bits per heavy atom. The molecule has 0 aliphatic carbocycles. The number of nitrogens with zero attached hydrogens (tertiary/aromatic N) is 3. The van der Waals surface area contributed by atoms with Crippen molar-refractivity contribution in [1.29, 1.82) is 0 Å². The first-order valence-electron chi connectivity index (χ1n) is 13.1. The number of amides is 2. The number of aromatic nitrogens is 2. The van der Waals surface area contributed by atoms with Gasteiger partial charge in [-0.05, 0) is 60.9 Å². The molecule has 1 heterocycles. The van der Waals surface area contributed by atoms with E-state index in [1.807, 2.05) is 90.5 Å². The molecule has 4 aromatic carbocycles. The minimum Gasteiger partial charge on any atom is -0.325 e. The van der Waals surface area contributed by atoms with Gasteiger partial charge in [0, 0.05) is 29.0 Å². The highest BCUT2D eigenvalue weighted by Crippen LogP contribution is 2.26. The number of hydrogen-bond donors (Lipinski definition) is 1. The van der Waals surface area contributed by atoms with Crippen LogP contribution in [0.1, 0.15) is 27.0 Å². The number of anilines is 1. The van der Waals surface area contributed by atoms with Gasteiger partial charge in [0.1, 0.15) is 6.54 Å². The van der Waals surface area contributed by atoms with Gasteiger partial charge in [0.15, 0.2) is 0 Å². The Morgan fingerprint density at radius 2 is 1.56 bits per heavy atom. The molecule has 0 atom stereocenters. The fourth-order valence-corrected chi connectivity index (χ4v) is 4.95. The minimum absolute atomic E-state index is 0.215. The summed E-state index contributed by atoms with van der Waals surface area (Å²) in [5.41, 5.74) is 5.92. The number of rotatable bonds is 8. The summed E-state index contributed by atoms with van der Waals surface area (Å²) >= 11 is 12.4. The topological polar surface area (TPSA) is 67.2 Å². The SMILES string of the molecule is Cc1ccc(-n2cc(-c3ccccc3)nc2NC(=O)CN(Cc2ccccc2)C(=O)c2ccc(Cl)cc2Cl)cc1C. The molecule has 1 N–H and O–H groups in total. The van der Waals surface area contributed by atoms with Crippen LogP contribution in [-0.2, 0) is 11.3 Å². The first kappa shape index (κ1) is 28.1. The van der Waals surface area contributed by atoms with Crippen LogP contribution in [0, 0.1) is 13.8 Å². The van der Waals surface area contributed by atoms with Crippen LogP contribution in [0.2, 0.25) is 10.0 Å². The van der Waals surface area contributed by atoms with Gasteiger partial charge in [0.25, 0.3) is 5.91 Å². The molecule has 0 aliphatic rings. The number of benzene rings is 4. The van der Waals surface area contributed by atoms with Gasteiger partial charge in [0.2, 0.25) is 11.9 Å². The monoisotopic (exact) mass is 582 g/mol. The van der Waals surface area contributed by atoms with Crippen LogP contribution in [0.25, 0.3) is 16.9 Å². The fourth-order valence-electron chi connectivity index (χ4n) is 4.46. The number of carbonyl (C=O) groups excluding carboxylic acids is 2. The Balaban J connectivity index is 1.46. The molecule has 41 heavy (non-hydrogen) atoms. The van der Waals surface area contributed by atoms with Crippen molar-refractivity contribution in [2.45, 2.75) is 20.4 Å². The Morgan fingerprint density at radius 3 is 2.24 bits per heavy atom. The highest BCUT2D eigenvalue weighted by Gasteiger charge is 2.23. The third kappa shape index (κ3) is 6.68. The molecule has 0 aliphatic heterocycles. The van der Waals surface area contributed by atoms with Crippen molar-refractivity contribution in [3.63, 3.8) is 0 Å². The van der Waals surface area contributed by atoms with Crippen molar-refractivity contribution in [1.82, 2.24) is 14.5 Å². The van der Waals surface area contributed by atoms with Crippen LogP contribution in [-0.4, -0.2) is 32.8 Å². The highest BCUT2D eigenvalue weighted by molar-refractivity contribution is 6.36. The average molecular weight is 584 g/mol. The van der Waals surface area contributed by atoms with Crippen LogP contribution in [0.3, 0.4) is 0 Å². The van der Waals surface area contributed by atoms with Crippen molar-refractivity contribution in [2.24, 2.45) is 0 Å². The molecular weight excluding hydrogens is 555 g/mol. The predicted octanol–water partition coefficient (Wildman–Crippen LogP) is 7.74. The molecule has 8 heteroatoms. The van der Waals surface area contributed by atoms with Gasteiger partial charge in [-0.1, -0.05) is 89.9 Å². The quantitative estimate of drug-likeness (QED) is 0.203. The standard InChI is InChI=1S/C33H28Cl2N4O2/c1-22-13-15-27(17-23(22)2)39-20-30(25-11-7-4-8-12-25)36-33(39)37-31(40)21-38(19-24-9-5-3-6-10-24)32(41)28-16-14-26(34)18-29(28)35/h3-18,20H,19,21H2,1-2H3,(H,36,37,40). The molecule has 206 valence electrons. The van der Waals surface area contributed by atoms with E-state index in [2.05, 4.69) is 18.3 Å². The number of imidazole rings is 1. The Hall–Kier alpha value is -4.39. The van der Waals surface area contributed by atoms with E-state index in [0.29, 0.717) is 16.7 Å². The molecule has 0 spiro atoms. The van der Waals surface area contributed by atoms with Crippen molar-refractivity contribution < 1.29 is 9.59 Å². The lowest BCUT2D eigenvalue weighted by Crippen LogP contribution is -2.38. The van der Waals surface area contributed by atoms with Crippen molar-refractivity contribution in [3.8, 4) is 16.9 Å². The van der Waals surface area contributed by atoms with Crippen molar-refractivity contribution in [3.05, 3.63) is 136 Å². The normalized spacial score (nSPS) is 10.8.